The zero-order chi connectivity index (χ0) is 22.1. The highest BCUT2D eigenvalue weighted by Gasteiger charge is 2.22. The van der Waals surface area contributed by atoms with Crippen molar-refractivity contribution in [2.24, 2.45) is 0 Å². The normalized spacial score (nSPS) is 14.2. The summed E-state index contributed by atoms with van der Waals surface area (Å²) in [4.78, 5) is 9.35. The van der Waals surface area contributed by atoms with Crippen molar-refractivity contribution in [3.8, 4) is 11.8 Å². The summed E-state index contributed by atoms with van der Waals surface area (Å²) < 4.78 is 8.49. The molecule has 0 bridgehead atoms. The van der Waals surface area contributed by atoms with Crippen LogP contribution in [0, 0.1) is 11.3 Å². The molecule has 158 valence electrons. The van der Waals surface area contributed by atoms with Crippen LogP contribution in [0.2, 0.25) is 0 Å². The number of para-hydroxylation sites is 2. The van der Waals surface area contributed by atoms with Gasteiger partial charge in [0.05, 0.1) is 22.8 Å². The van der Waals surface area contributed by atoms with E-state index in [1.54, 1.807) is 6.20 Å². The smallest absolute Gasteiger partial charge is 0.131 e. The summed E-state index contributed by atoms with van der Waals surface area (Å²) in [6, 6.07) is 20.8. The molecule has 0 atom stereocenters. The summed E-state index contributed by atoms with van der Waals surface area (Å²) in [7, 11) is 0. The van der Waals surface area contributed by atoms with E-state index in [-0.39, 0.29) is 0 Å². The Hall–Kier alpha value is -3.91. The lowest BCUT2D eigenvalue weighted by Crippen LogP contribution is -2.06. The van der Waals surface area contributed by atoms with E-state index >= 15 is 0 Å². The fourth-order valence-electron chi connectivity index (χ4n) is 4.42. The van der Waals surface area contributed by atoms with Gasteiger partial charge in [0.1, 0.15) is 18.2 Å². The van der Waals surface area contributed by atoms with E-state index in [1.165, 1.54) is 0 Å². The first-order valence-corrected chi connectivity index (χ1v) is 10.9. The quantitative estimate of drug-likeness (QED) is 0.399. The van der Waals surface area contributed by atoms with Crippen molar-refractivity contribution < 1.29 is 4.74 Å². The van der Waals surface area contributed by atoms with E-state index < -0.39 is 0 Å². The van der Waals surface area contributed by atoms with Crippen molar-refractivity contribution in [3.05, 3.63) is 94.6 Å². The molecule has 0 N–H and O–H groups in total. The summed E-state index contributed by atoms with van der Waals surface area (Å²) in [6.45, 7) is 5.12. The predicted molar refractivity (Wildman–Crippen MR) is 125 cm³/mol. The molecule has 5 nitrogen and oxygen atoms in total. The van der Waals surface area contributed by atoms with Crippen molar-refractivity contribution in [1.29, 1.82) is 5.26 Å². The van der Waals surface area contributed by atoms with Gasteiger partial charge < -0.3 is 9.30 Å². The molecule has 0 spiro atoms. The van der Waals surface area contributed by atoms with Gasteiger partial charge in [0.25, 0.3) is 0 Å². The van der Waals surface area contributed by atoms with Crippen molar-refractivity contribution >= 4 is 16.6 Å². The summed E-state index contributed by atoms with van der Waals surface area (Å²) in [5.74, 6) is 1.88. The second kappa shape index (κ2) is 8.32. The fourth-order valence-corrected chi connectivity index (χ4v) is 4.42. The lowest BCUT2D eigenvalue weighted by atomic mass is 9.92. The Bertz CT molecular complexity index is 1390. The van der Waals surface area contributed by atoms with Gasteiger partial charge in [0.15, 0.2) is 0 Å². The van der Waals surface area contributed by atoms with Crippen molar-refractivity contribution in [2.45, 2.75) is 39.8 Å². The Morgan fingerprint density at radius 3 is 2.84 bits per heavy atom. The average Bonchev–Trinajstić information content (AvgIpc) is 3.07. The standard InChI is InChI=1S/C27H24N4O/c1-3-7-26-30-22-9-4-5-10-24(22)31(26)16-19-11-12-21-25(14-19)32-17-23-20(8-6-13-29-23)27(21)18(2)15-28/h4-6,8-14H,3,7,16-17H2,1-2H3/b27-18+. The highest BCUT2D eigenvalue weighted by molar-refractivity contribution is 5.88. The number of allylic oxidation sites excluding steroid dienone is 1. The first kappa shape index (κ1) is 20.0. The van der Waals surface area contributed by atoms with Crippen LogP contribution in [0.3, 0.4) is 0 Å². The Morgan fingerprint density at radius 2 is 2.00 bits per heavy atom. The zero-order valence-electron chi connectivity index (χ0n) is 18.3. The van der Waals surface area contributed by atoms with Crippen LogP contribution in [0.5, 0.6) is 5.75 Å². The molecule has 0 aliphatic carbocycles. The molecular formula is C27H24N4O. The van der Waals surface area contributed by atoms with Crippen molar-refractivity contribution in [3.63, 3.8) is 0 Å². The van der Waals surface area contributed by atoms with Gasteiger partial charge in [-0.05, 0) is 43.2 Å². The first-order chi connectivity index (χ1) is 15.7. The van der Waals surface area contributed by atoms with Gasteiger partial charge in [0.2, 0.25) is 0 Å². The number of fused-ring (bicyclic) bond motifs is 3. The number of pyridine rings is 1. The lowest BCUT2D eigenvalue weighted by molar-refractivity contribution is 0.302. The zero-order valence-corrected chi connectivity index (χ0v) is 18.3. The number of hydrogen-bond acceptors (Lipinski definition) is 4. The molecule has 0 unspecified atom stereocenters. The monoisotopic (exact) mass is 420 g/mol. The third kappa shape index (κ3) is 3.44. The molecule has 0 saturated heterocycles. The minimum atomic E-state index is 0.379. The number of hydrogen-bond donors (Lipinski definition) is 0. The summed E-state index contributed by atoms with van der Waals surface area (Å²) >= 11 is 0. The van der Waals surface area contributed by atoms with Gasteiger partial charge >= 0.3 is 0 Å². The molecule has 0 amide bonds. The molecular weight excluding hydrogens is 396 g/mol. The Balaban J connectivity index is 1.60. The van der Waals surface area contributed by atoms with Gasteiger partial charge in [-0.25, -0.2) is 4.98 Å². The molecule has 2 aromatic carbocycles. The van der Waals surface area contributed by atoms with Crippen LogP contribution in [0.25, 0.3) is 16.6 Å². The molecule has 0 radical (unpaired) electrons. The average molecular weight is 421 g/mol. The van der Waals surface area contributed by atoms with Crippen LogP contribution in [-0.4, -0.2) is 14.5 Å². The predicted octanol–water partition coefficient (Wildman–Crippen LogP) is 5.67. The van der Waals surface area contributed by atoms with Crippen LogP contribution in [0.15, 0.2) is 66.4 Å². The molecule has 32 heavy (non-hydrogen) atoms. The number of benzene rings is 2. The maximum absolute atomic E-state index is 9.66. The topological polar surface area (TPSA) is 63.7 Å². The molecule has 5 rings (SSSR count). The Kier molecular flexibility index (Phi) is 5.20. The number of nitriles is 1. The van der Waals surface area contributed by atoms with Crippen molar-refractivity contribution in [2.75, 3.05) is 0 Å². The van der Waals surface area contributed by atoms with Gasteiger partial charge in [-0.2, -0.15) is 5.26 Å². The molecule has 1 aliphatic rings. The molecule has 3 heterocycles. The molecule has 0 saturated carbocycles. The van der Waals surface area contributed by atoms with Crippen molar-refractivity contribution in [1.82, 2.24) is 14.5 Å². The summed E-state index contributed by atoms with van der Waals surface area (Å²) in [6.07, 6.45) is 3.75. The molecule has 1 aliphatic heterocycles. The van der Waals surface area contributed by atoms with E-state index in [0.29, 0.717) is 18.7 Å². The lowest BCUT2D eigenvalue weighted by Gasteiger charge is -2.14. The Morgan fingerprint density at radius 1 is 1.12 bits per heavy atom. The van der Waals surface area contributed by atoms with Gasteiger partial charge in [-0.1, -0.05) is 37.3 Å². The molecule has 5 heteroatoms. The molecule has 2 aromatic heterocycles. The maximum Gasteiger partial charge on any atom is 0.131 e. The van der Waals surface area contributed by atoms with Crippen LogP contribution >= 0.6 is 0 Å². The molecule has 0 fully saturated rings. The SMILES string of the molecule is CCCc1nc2ccccc2n1Cc1ccc2c(c1)OCc1ncccc1/C2=C(/C)C#N. The maximum atomic E-state index is 9.66. The van der Waals surface area contributed by atoms with Crippen LogP contribution in [0.4, 0.5) is 0 Å². The van der Waals surface area contributed by atoms with Crippen LogP contribution in [0.1, 0.15) is 48.5 Å². The Labute approximate surface area is 187 Å². The summed E-state index contributed by atoms with van der Waals surface area (Å²) in [5, 5.41) is 9.66. The number of ether oxygens (including phenoxy) is 1. The second-order valence-corrected chi connectivity index (χ2v) is 8.08. The van der Waals surface area contributed by atoms with E-state index in [1.807, 2.05) is 25.1 Å². The van der Waals surface area contributed by atoms with E-state index in [2.05, 4.69) is 58.9 Å². The molecule has 4 aromatic rings. The highest BCUT2D eigenvalue weighted by atomic mass is 16.5. The number of nitrogens with zero attached hydrogens (tertiary/aromatic N) is 4. The number of rotatable bonds is 4. The van der Waals surface area contributed by atoms with E-state index in [0.717, 1.165) is 63.4 Å². The number of aromatic nitrogens is 3. The highest BCUT2D eigenvalue weighted by Crippen LogP contribution is 2.38. The van der Waals surface area contributed by atoms with Gasteiger partial charge in [0, 0.05) is 41.4 Å². The number of aryl methyl sites for hydroxylation is 1. The second-order valence-electron chi connectivity index (χ2n) is 8.08. The summed E-state index contributed by atoms with van der Waals surface area (Å²) in [5.41, 5.74) is 7.60. The number of imidazole rings is 1. The van der Waals surface area contributed by atoms with Gasteiger partial charge in [-0.15, -0.1) is 0 Å². The largest absolute Gasteiger partial charge is 0.487 e. The fraction of sp³-hybridized carbons (Fsp3) is 0.222. The minimum absolute atomic E-state index is 0.379. The third-order valence-corrected chi connectivity index (χ3v) is 5.93. The third-order valence-electron chi connectivity index (χ3n) is 5.93. The first-order valence-electron chi connectivity index (χ1n) is 10.9. The van der Waals surface area contributed by atoms with Crippen LogP contribution in [-0.2, 0) is 19.6 Å². The van der Waals surface area contributed by atoms with Gasteiger partial charge in [-0.3, -0.25) is 4.98 Å². The van der Waals surface area contributed by atoms with E-state index in [9.17, 15) is 5.26 Å². The van der Waals surface area contributed by atoms with Crippen LogP contribution < -0.4 is 4.74 Å². The van der Waals surface area contributed by atoms with E-state index in [4.69, 9.17) is 9.72 Å². The minimum Gasteiger partial charge on any atom is -0.487 e.